The van der Waals surface area contributed by atoms with E-state index in [-0.39, 0.29) is 11.0 Å². The number of hydrogen-bond acceptors (Lipinski definition) is 4. The Morgan fingerprint density at radius 3 is 2.71 bits per heavy atom. The average Bonchev–Trinajstić information content (AvgIpc) is 2.44. The van der Waals surface area contributed by atoms with Gasteiger partial charge in [0.1, 0.15) is 11.4 Å². The molecule has 1 aliphatic heterocycles. The number of nitrogens with one attached hydrogen (secondary N) is 1. The van der Waals surface area contributed by atoms with Crippen molar-refractivity contribution in [1.29, 1.82) is 0 Å². The topological polar surface area (TPSA) is 50.7 Å². The molecular formula is C17H27NO3. The largest absolute Gasteiger partial charge is 0.512 e. The van der Waals surface area contributed by atoms with Crippen LogP contribution in [0.2, 0.25) is 0 Å². The Hall–Kier alpha value is -1.00. The highest BCUT2D eigenvalue weighted by Crippen LogP contribution is 2.54. The van der Waals surface area contributed by atoms with Gasteiger partial charge in [-0.3, -0.25) is 0 Å². The molecule has 1 atom stereocenters. The fourth-order valence-electron chi connectivity index (χ4n) is 3.76. The van der Waals surface area contributed by atoms with Crippen LogP contribution >= 0.6 is 0 Å². The van der Waals surface area contributed by atoms with Gasteiger partial charge in [-0.15, -0.1) is 0 Å². The Morgan fingerprint density at radius 2 is 2.10 bits per heavy atom. The van der Waals surface area contributed by atoms with Crippen LogP contribution in [-0.2, 0) is 9.57 Å². The minimum atomic E-state index is -0.310. The van der Waals surface area contributed by atoms with E-state index in [9.17, 15) is 5.11 Å². The molecule has 0 radical (unpaired) electrons. The first-order valence-corrected chi connectivity index (χ1v) is 8.16. The summed E-state index contributed by atoms with van der Waals surface area (Å²) in [6, 6.07) is 0. The zero-order valence-electron chi connectivity index (χ0n) is 13.4. The van der Waals surface area contributed by atoms with Gasteiger partial charge >= 0.3 is 0 Å². The molecule has 2 N–H and O–H groups in total. The molecule has 0 aromatic rings. The molecule has 2 aliphatic carbocycles. The van der Waals surface area contributed by atoms with Crippen LogP contribution in [-0.4, -0.2) is 23.9 Å². The Bertz CT molecular complexity index is 490. The van der Waals surface area contributed by atoms with E-state index in [1.165, 1.54) is 24.8 Å². The van der Waals surface area contributed by atoms with Crippen molar-refractivity contribution in [3.8, 4) is 0 Å². The quantitative estimate of drug-likeness (QED) is 0.612. The van der Waals surface area contributed by atoms with Crippen LogP contribution in [0.5, 0.6) is 0 Å². The Morgan fingerprint density at radius 1 is 1.33 bits per heavy atom. The van der Waals surface area contributed by atoms with Crippen LogP contribution in [0.15, 0.2) is 22.7 Å². The monoisotopic (exact) mass is 293 g/mol. The molecule has 1 spiro atoms. The second-order valence-electron chi connectivity index (χ2n) is 6.91. The standard InChI is InChI=1S/C17H27NO3/c1-4-20-18-11-16(3)12(2)14(19)10-13-6-9-17(7-5-8-17)21-15(13)16/h18-19H,4-11H2,1-3H3. The summed E-state index contributed by atoms with van der Waals surface area (Å²) in [6.45, 7) is 7.38. The third-order valence-electron chi connectivity index (χ3n) is 5.60. The lowest BCUT2D eigenvalue weighted by Gasteiger charge is -2.51. The normalized spacial score (nSPS) is 31.0. The van der Waals surface area contributed by atoms with Crippen molar-refractivity contribution in [1.82, 2.24) is 5.48 Å². The first-order valence-electron chi connectivity index (χ1n) is 8.16. The van der Waals surface area contributed by atoms with Gasteiger partial charge in [0.05, 0.1) is 17.8 Å². The minimum absolute atomic E-state index is 0.0823. The zero-order chi connectivity index (χ0) is 15.1. The predicted molar refractivity (Wildman–Crippen MR) is 81.6 cm³/mol. The highest BCUT2D eigenvalue weighted by atomic mass is 16.6. The van der Waals surface area contributed by atoms with Crippen LogP contribution in [0.25, 0.3) is 0 Å². The summed E-state index contributed by atoms with van der Waals surface area (Å²) in [5.41, 5.74) is 5.08. The number of ether oxygens (including phenoxy) is 1. The van der Waals surface area contributed by atoms with Crippen molar-refractivity contribution in [2.75, 3.05) is 13.2 Å². The summed E-state index contributed by atoms with van der Waals surface area (Å²) in [4.78, 5) is 5.32. The van der Waals surface area contributed by atoms with Crippen molar-refractivity contribution < 1.29 is 14.7 Å². The zero-order valence-corrected chi connectivity index (χ0v) is 13.4. The molecule has 118 valence electrons. The summed E-state index contributed by atoms with van der Waals surface area (Å²) in [5.74, 6) is 1.60. The third kappa shape index (κ3) is 2.38. The van der Waals surface area contributed by atoms with E-state index in [1.807, 2.05) is 13.8 Å². The van der Waals surface area contributed by atoms with Crippen molar-refractivity contribution >= 4 is 0 Å². The van der Waals surface area contributed by atoms with Gasteiger partial charge in [-0.1, -0.05) is 0 Å². The van der Waals surface area contributed by atoms with E-state index in [0.717, 1.165) is 24.2 Å². The predicted octanol–water partition coefficient (Wildman–Crippen LogP) is 3.76. The molecule has 3 rings (SSSR count). The number of hydrogen-bond donors (Lipinski definition) is 2. The van der Waals surface area contributed by atoms with Crippen LogP contribution in [0.1, 0.15) is 59.3 Å². The first kappa shape index (κ1) is 14.9. The van der Waals surface area contributed by atoms with Crippen LogP contribution in [0.4, 0.5) is 0 Å². The molecule has 0 bridgehead atoms. The molecule has 0 aromatic heterocycles. The van der Waals surface area contributed by atoms with Crippen LogP contribution in [0, 0.1) is 5.41 Å². The number of aliphatic hydroxyl groups is 1. The average molecular weight is 293 g/mol. The maximum atomic E-state index is 10.3. The van der Waals surface area contributed by atoms with E-state index in [1.54, 1.807) is 0 Å². The van der Waals surface area contributed by atoms with Gasteiger partial charge in [0.15, 0.2) is 0 Å². The Kier molecular flexibility index (Phi) is 3.78. The summed E-state index contributed by atoms with van der Waals surface area (Å²) in [5, 5.41) is 10.3. The molecule has 0 aromatic carbocycles. The van der Waals surface area contributed by atoms with E-state index >= 15 is 0 Å². The molecule has 1 fully saturated rings. The van der Waals surface area contributed by atoms with Crippen LogP contribution < -0.4 is 5.48 Å². The highest BCUT2D eigenvalue weighted by molar-refractivity contribution is 5.38. The smallest absolute Gasteiger partial charge is 0.109 e. The summed E-state index contributed by atoms with van der Waals surface area (Å²) in [6.07, 6.45) is 6.43. The molecule has 3 aliphatic rings. The van der Waals surface area contributed by atoms with Crippen LogP contribution in [0.3, 0.4) is 0 Å². The summed E-state index contributed by atoms with van der Waals surface area (Å²) in [7, 11) is 0. The molecule has 1 saturated carbocycles. The van der Waals surface area contributed by atoms with E-state index in [4.69, 9.17) is 9.57 Å². The summed E-state index contributed by atoms with van der Waals surface area (Å²) >= 11 is 0. The second kappa shape index (κ2) is 5.33. The van der Waals surface area contributed by atoms with E-state index in [2.05, 4.69) is 12.4 Å². The van der Waals surface area contributed by atoms with Gasteiger partial charge in [-0.05, 0) is 64.0 Å². The fraction of sp³-hybridized carbons (Fsp3) is 0.765. The molecule has 1 unspecified atom stereocenters. The molecule has 1 heterocycles. The number of aliphatic hydroxyl groups excluding tert-OH is 1. The van der Waals surface area contributed by atoms with Crippen molar-refractivity contribution in [3.05, 3.63) is 22.7 Å². The number of allylic oxidation sites excluding steroid dienone is 1. The van der Waals surface area contributed by atoms with Gasteiger partial charge in [0.2, 0.25) is 0 Å². The van der Waals surface area contributed by atoms with Gasteiger partial charge in [0, 0.05) is 13.0 Å². The molecule has 21 heavy (non-hydrogen) atoms. The van der Waals surface area contributed by atoms with Crippen molar-refractivity contribution in [3.63, 3.8) is 0 Å². The van der Waals surface area contributed by atoms with Crippen molar-refractivity contribution in [2.45, 2.75) is 64.9 Å². The van der Waals surface area contributed by atoms with E-state index < -0.39 is 0 Å². The highest BCUT2D eigenvalue weighted by Gasteiger charge is 2.49. The lowest BCUT2D eigenvalue weighted by Crippen LogP contribution is -2.48. The first-order chi connectivity index (χ1) is 10.0. The van der Waals surface area contributed by atoms with Gasteiger partial charge in [0.25, 0.3) is 0 Å². The van der Waals surface area contributed by atoms with Gasteiger partial charge < -0.3 is 14.7 Å². The maximum Gasteiger partial charge on any atom is 0.109 e. The maximum absolute atomic E-state index is 10.3. The lowest BCUT2D eigenvalue weighted by atomic mass is 9.68. The number of rotatable bonds is 4. The minimum Gasteiger partial charge on any atom is -0.512 e. The summed E-state index contributed by atoms with van der Waals surface area (Å²) < 4.78 is 6.52. The third-order valence-corrected chi connectivity index (χ3v) is 5.60. The fourth-order valence-corrected chi connectivity index (χ4v) is 3.76. The van der Waals surface area contributed by atoms with Gasteiger partial charge in [-0.25, -0.2) is 5.48 Å². The molecular weight excluding hydrogens is 266 g/mol. The van der Waals surface area contributed by atoms with Gasteiger partial charge in [-0.2, -0.15) is 0 Å². The molecule has 4 nitrogen and oxygen atoms in total. The van der Waals surface area contributed by atoms with E-state index in [0.29, 0.717) is 25.3 Å². The Balaban J connectivity index is 1.88. The SMILES string of the molecule is CCONCC1(C)C(C)=C(O)CC2=C1OC1(CCC1)CC2. The number of hydroxylamine groups is 1. The second-order valence-corrected chi connectivity index (χ2v) is 6.91. The van der Waals surface area contributed by atoms with Crippen molar-refractivity contribution in [2.24, 2.45) is 5.41 Å². The molecule has 0 saturated heterocycles. The Labute approximate surface area is 127 Å². The molecule has 4 heteroatoms. The lowest BCUT2D eigenvalue weighted by molar-refractivity contribution is -0.101. The molecule has 0 amide bonds.